The molecule has 2 heteroatoms. The molecule has 2 aromatic carbocycles. The minimum atomic E-state index is 0.465. The number of hydrogen-bond donors (Lipinski definition) is 2. The number of para-hydroxylation sites is 2. The van der Waals surface area contributed by atoms with Crippen molar-refractivity contribution in [2.75, 3.05) is 0 Å². The summed E-state index contributed by atoms with van der Waals surface area (Å²) in [7, 11) is 0. The minimum Gasteiger partial charge on any atom is -0.358 e. The van der Waals surface area contributed by atoms with E-state index < -0.39 is 0 Å². The number of hydrogen-bond acceptors (Lipinski definition) is 0. The van der Waals surface area contributed by atoms with Crippen LogP contribution in [0.5, 0.6) is 0 Å². The number of nitrogens with one attached hydrogen (secondary N) is 2. The summed E-state index contributed by atoms with van der Waals surface area (Å²) in [5.41, 5.74) is 8.73. The lowest BCUT2D eigenvalue weighted by atomic mass is 9.74. The van der Waals surface area contributed by atoms with Gasteiger partial charge in [0, 0.05) is 45.0 Å². The van der Waals surface area contributed by atoms with Crippen molar-refractivity contribution in [1.82, 2.24) is 9.97 Å². The van der Waals surface area contributed by atoms with Gasteiger partial charge in [-0.25, -0.2) is 0 Å². The first-order valence-electron chi connectivity index (χ1n) is 12.0. The molecule has 30 heavy (non-hydrogen) atoms. The van der Waals surface area contributed by atoms with Gasteiger partial charge in [-0.2, -0.15) is 0 Å². The molecule has 5 rings (SSSR count). The first-order valence-corrected chi connectivity index (χ1v) is 12.0. The van der Waals surface area contributed by atoms with Gasteiger partial charge in [-0.05, 0) is 36.1 Å². The highest BCUT2D eigenvalue weighted by Gasteiger charge is 2.37. The van der Waals surface area contributed by atoms with Crippen LogP contribution in [0.2, 0.25) is 0 Å². The zero-order chi connectivity index (χ0) is 20.5. The Hall–Kier alpha value is -2.48. The van der Waals surface area contributed by atoms with E-state index in [0.717, 1.165) is 0 Å². The topological polar surface area (TPSA) is 31.6 Å². The van der Waals surface area contributed by atoms with Gasteiger partial charge >= 0.3 is 0 Å². The van der Waals surface area contributed by atoms with Crippen LogP contribution in [0.3, 0.4) is 0 Å². The Kier molecular flexibility index (Phi) is 5.41. The van der Waals surface area contributed by atoms with E-state index in [4.69, 9.17) is 0 Å². The highest BCUT2D eigenvalue weighted by atomic mass is 14.8. The maximum Gasteiger partial charge on any atom is 0.0459 e. The molecular formula is C28H34N2. The first kappa shape index (κ1) is 19.5. The lowest BCUT2D eigenvalue weighted by molar-refractivity contribution is 0.557. The summed E-state index contributed by atoms with van der Waals surface area (Å²) in [6.45, 7) is 4.60. The SMILES string of the molecule is CCCCCC1c2[nH]c3ccccc3c2C(CCCCC)c2[nH]c3ccccc3c21. The molecule has 2 nitrogen and oxygen atoms in total. The highest BCUT2D eigenvalue weighted by Crippen LogP contribution is 2.51. The minimum absolute atomic E-state index is 0.465. The molecule has 2 aromatic heterocycles. The Balaban J connectivity index is 1.71. The zero-order valence-electron chi connectivity index (χ0n) is 18.4. The molecule has 156 valence electrons. The van der Waals surface area contributed by atoms with Crippen LogP contribution in [-0.4, -0.2) is 9.97 Å². The van der Waals surface area contributed by atoms with Gasteiger partial charge in [-0.3, -0.25) is 0 Å². The zero-order valence-corrected chi connectivity index (χ0v) is 18.4. The molecule has 0 radical (unpaired) electrons. The fourth-order valence-corrected chi connectivity index (χ4v) is 5.73. The summed E-state index contributed by atoms with van der Waals surface area (Å²) in [6.07, 6.45) is 10.2. The quantitative estimate of drug-likeness (QED) is 0.279. The third-order valence-corrected chi connectivity index (χ3v) is 7.14. The molecule has 0 spiro atoms. The van der Waals surface area contributed by atoms with Crippen molar-refractivity contribution in [2.24, 2.45) is 0 Å². The van der Waals surface area contributed by atoms with Gasteiger partial charge in [0.1, 0.15) is 0 Å². The lowest BCUT2D eigenvalue weighted by Gasteiger charge is -2.30. The molecule has 1 aliphatic carbocycles. The van der Waals surface area contributed by atoms with Crippen molar-refractivity contribution < 1.29 is 0 Å². The van der Waals surface area contributed by atoms with Crippen LogP contribution in [0.15, 0.2) is 48.5 Å². The van der Waals surface area contributed by atoms with Crippen LogP contribution >= 0.6 is 0 Å². The Morgan fingerprint density at radius 1 is 0.600 bits per heavy atom. The van der Waals surface area contributed by atoms with Crippen molar-refractivity contribution >= 4 is 21.8 Å². The molecule has 4 aromatic rings. The van der Waals surface area contributed by atoms with E-state index in [1.165, 1.54) is 84.6 Å². The van der Waals surface area contributed by atoms with Crippen molar-refractivity contribution in [1.29, 1.82) is 0 Å². The Morgan fingerprint density at radius 2 is 1.03 bits per heavy atom. The second-order valence-electron chi connectivity index (χ2n) is 9.09. The Bertz CT molecular complexity index is 1050. The fraction of sp³-hybridized carbons (Fsp3) is 0.429. The van der Waals surface area contributed by atoms with Gasteiger partial charge in [0.2, 0.25) is 0 Å². The van der Waals surface area contributed by atoms with E-state index in [1.807, 2.05) is 0 Å². The number of H-pyrrole nitrogens is 2. The van der Waals surface area contributed by atoms with E-state index in [-0.39, 0.29) is 0 Å². The van der Waals surface area contributed by atoms with Gasteiger partial charge in [-0.1, -0.05) is 88.8 Å². The van der Waals surface area contributed by atoms with Crippen LogP contribution in [0.4, 0.5) is 0 Å². The number of benzene rings is 2. The molecule has 0 saturated carbocycles. The van der Waals surface area contributed by atoms with Gasteiger partial charge in [0.05, 0.1) is 0 Å². The van der Waals surface area contributed by atoms with Crippen LogP contribution in [0.1, 0.15) is 99.6 Å². The Morgan fingerprint density at radius 3 is 1.47 bits per heavy atom. The average Bonchev–Trinajstić information content (AvgIpc) is 3.34. The molecule has 2 N–H and O–H groups in total. The predicted octanol–water partition coefficient (Wildman–Crippen LogP) is 8.39. The third-order valence-electron chi connectivity index (χ3n) is 7.14. The fourth-order valence-electron chi connectivity index (χ4n) is 5.73. The normalized spacial score (nSPS) is 18.1. The van der Waals surface area contributed by atoms with E-state index in [1.54, 1.807) is 11.1 Å². The molecule has 0 bridgehead atoms. The molecule has 0 aliphatic heterocycles. The molecule has 2 unspecified atom stereocenters. The number of fused-ring (bicyclic) bond motifs is 6. The molecule has 0 saturated heterocycles. The van der Waals surface area contributed by atoms with Gasteiger partial charge in [0.15, 0.2) is 0 Å². The Labute approximate surface area is 180 Å². The maximum atomic E-state index is 3.89. The van der Waals surface area contributed by atoms with Crippen LogP contribution in [-0.2, 0) is 0 Å². The van der Waals surface area contributed by atoms with E-state index >= 15 is 0 Å². The maximum absolute atomic E-state index is 3.89. The largest absolute Gasteiger partial charge is 0.358 e. The number of aromatic nitrogens is 2. The standard InChI is InChI=1S/C28H34N2/c1-3-5-7-15-21-25-19-13-9-11-17-23(19)30-28(25)22(16-8-6-4-2)26-20-14-10-12-18-24(20)29-27(21)26/h9-14,17-18,21-22,29-30H,3-8,15-16H2,1-2H3. The average molecular weight is 399 g/mol. The predicted molar refractivity (Wildman–Crippen MR) is 129 cm³/mol. The van der Waals surface area contributed by atoms with E-state index in [2.05, 4.69) is 72.3 Å². The second kappa shape index (κ2) is 8.34. The molecular weight excluding hydrogens is 364 g/mol. The lowest BCUT2D eigenvalue weighted by Crippen LogP contribution is -2.18. The number of rotatable bonds is 8. The molecule has 2 atom stereocenters. The van der Waals surface area contributed by atoms with Gasteiger partial charge < -0.3 is 9.97 Å². The summed E-state index contributed by atoms with van der Waals surface area (Å²) in [5.74, 6) is 0.931. The summed E-state index contributed by atoms with van der Waals surface area (Å²) in [4.78, 5) is 7.79. The number of aromatic amines is 2. The summed E-state index contributed by atoms with van der Waals surface area (Å²) < 4.78 is 0. The third kappa shape index (κ3) is 3.17. The smallest absolute Gasteiger partial charge is 0.0459 e. The van der Waals surface area contributed by atoms with E-state index in [0.29, 0.717) is 11.8 Å². The monoisotopic (exact) mass is 398 g/mol. The first-order chi connectivity index (χ1) is 14.8. The summed E-state index contributed by atoms with van der Waals surface area (Å²) >= 11 is 0. The van der Waals surface area contributed by atoms with Crippen molar-refractivity contribution in [3.63, 3.8) is 0 Å². The summed E-state index contributed by atoms with van der Waals surface area (Å²) in [6, 6.07) is 17.9. The molecule has 1 aliphatic rings. The highest BCUT2D eigenvalue weighted by molar-refractivity contribution is 5.91. The number of unbranched alkanes of at least 4 members (excludes halogenated alkanes) is 4. The van der Waals surface area contributed by atoms with Crippen LogP contribution < -0.4 is 0 Å². The molecule has 2 heterocycles. The van der Waals surface area contributed by atoms with Crippen LogP contribution in [0, 0.1) is 0 Å². The van der Waals surface area contributed by atoms with Gasteiger partial charge in [0.25, 0.3) is 0 Å². The van der Waals surface area contributed by atoms with E-state index in [9.17, 15) is 0 Å². The second-order valence-corrected chi connectivity index (χ2v) is 9.09. The van der Waals surface area contributed by atoms with Crippen molar-refractivity contribution in [3.05, 3.63) is 71.0 Å². The summed E-state index contributed by atoms with van der Waals surface area (Å²) in [5, 5.41) is 2.86. The van der Waals surface area contributed by atoms with Crippen LogP contribution in [0.25, 0.3) is 21.8 Å². The molecule has 0 fully saturated rings. The van der Waals surface area contributed by atoms with Crippen molar-refractivity contribution in [3.8, 4) is 0 Å². The molecule has 0 amide bonds. The van der Waals surface area contributed by atoms with Crippen molar-refractivity contribution in [2.45, 2.75) is 77.0 Å². The van der Waals surface area contributed by atoms with Gasteiger partial charge in [-0.15, -0.1) is 0 Å².